The number of hydrogen-bond donors (Lipinski definition) is 2. The van der Waals surface area contributed by atoms with Gasteiger partial charge in [-0.15, -0.1) is 0 Å². The number of nitrogens with one attached hydrogen (secondary N) is 1. The first-order valence-corrected chi connectivity index (χ1v) is 6.13. The maximum Gasteiger partial charge on any atom is 0.0926 e. The normalized spacial score (nSPS) is 12.3. The van der Waals surface area contributed by atoms with Gasteiger partial charge in [-0.3, -0.25) is 10.1 Å². The molecule has 1 aromatic heterocycles. The van der Waals surface area contributed by atoms with Crippen molar-refractivity contribution in [1.29, 1.82) is 5.41 Å². The Hall–Kier alpha value is -2.10. The van der Waals surface area contributed by atoms with Crippen molar-refractivity contribution in [2.45, 2.75) is 25.8 Å². The number of aromatic nitrogens is 2. The quantitative estimate of drug-likeness (QED) is 0.625. The molecule has 4 nitrogen and oxygen atoms in total. The molecule has 4 heteroatoms. The van der Waals surface area contributed by atoms with E-state index in [1.165, 1.54) is 0 Å². The lowest BCUT2D eigenvalue weighted by molar-refractivity contribution is 0.453. The van der Waals surface area contributed by atoms with Crippen LogP contribution in [0.1, 0.15) is 25.8 Å². The van der Waals surface area contributed by atoms with Gasteiger partial charge in [-0.2, -0.15) is 5.10 Å². The summed E-state index contributed by atoms with van der Waals surface area (Å²) in [7, 11) is 0. The van der Waals surface area contributed by atoms with Crippen LogP contribution in [0.2, 0.25) is 0 Å². The Labute approximate surface area is 107 Å². The van der Waals surface area contributed by atoms with Gasteiger partial charge in [0.2, 0.25) is 0 Å². The van der Waals surface area contributed by atoms with E-state index in [0.717, 1.165) is 17.5 Å². The van der Waals surface area contributed by atoms with E-state index >= 15 is 0 Å². The Morgan fingerprint density at radius 3 is 2.67 bits per heavy atom. The summed E-state index contributed by atoms with van der Waals surface area (Å²) in [4.78, 5) is 0. The smallest absolute Gasteiger partial charge is 0.0926 e. The van der Waals surface area contributed by atoms with Crippen LogP contribution in [0.5, 0.6) is 0 Å². The average molecular weight is 242 g/mol. The van der Waals surface area contributed by atoms with E-state index in [0.29, 0.717) is 6.42 Å². The third kappa shape index (κ3) is 2.77. The van der Waals surface area contributed by atoms with Crippen LogP contribution in [0.25, 0.3) is 11.1 Å². The zero-order chi connectivity index (χ0) is 13.0. The largest absolute Gasteiger partial charge is 0.388 e. The molecule has 94 valence electrons. The molecule has 0 aliphatic carbocycles. The fraction of sp³-hybridized carbons (Fsp3) is 0.286. The second-order valence-electron chi connectivity index (χ2n) is 4.37. The highest BCUT2D eigenvalue weighted by Gasteiger charge is 2.12. The molecule has 0 aliphatic heterocycles. The minimum atomic E-state index is 0.167. The third-order valence-electron chi connectivity index (χ3n) is 3.01. The van der Waals surface area contributed by atoms with Gasteiger partial charge in [-0.05, 0) is 12.0 Å². The number of amidine groups is 1. The summed E-state index contributed by atoms with van der Waals surface area (Å²) in [5, 5.41) is 11.8. The standard InChI is InChI=1S/C14H18N4/c1-2-13(8-14(15)16)18-10-12(9-17-18)11-6-4-3-5-7-11/h3-7,9-10,13H,2,8H2,1H3,(H3,15,16). The predicted molar refractivity (Wildman–Crippen MR) is 73.5 cm³/mol. The van der Waals surface area contributed by atoms with Crippen LogP contribution >= 0.6 is 0 Å². The number of nitrogens with two attached hydrogens (primary N) is 1. The molecular weight excluding hydrogens is 224 g/mol. The molecular formula is C14H18N4. The molecule has 1 unspecified atom stereocenters. The summed E-state index contributed by atoms with van der Waals surface area (Å²) in [6.07, 6.45) is 5.34. The van der Waals surface area contributed by atoms with Crippen LogP contribution in [0.4, 0.5) is 0 Å². The maximum absolute atomic E-state index is 7.38. The molecule has 2 aromatic rings. The van der Waals surface area contributed by atoms with Crippen molar-refractivity contribution >= 4 is 5.84 Å². The van der Waals surface area contributed by atoms with E-state index in [-0.39, 0.29) is 11.9 Å². The highest BCUT2D eigenvalue weighted by molar-refractivity contribution is 5.77. The number of hydrogen-bond acceptors (Lipinski definition) is 2. The van der Waals surface area contributed by atoms with Gasteiger partial charge in [-0.25, -0.2) is 0 Å². The minimum Gasteiger partial charge on any atom is -0.388 e. The topological polar surface area (TPSA) is 67.7 Å². The highest BCUT2D eigenvalue weighted by Crippen LogP contribution is 2.21. The Balaban J connectivity index is 2.22. The first kappa shape index (κ1) is 12.4. The van der Waals surface area contributed by atoms with Gasteiger partial charge in [0.05, 0.1) is 18.1 Å². The number of rotatable bonds is 5. The van der Waals surface area contributed by atoms with Crippen molar-refractivity contribution < 1.29 is 0 Å². The average Bonchev–Trinajstić information content (AvgIpc) is 2.86. The van der Waals surface area contributed by atoms with Gasteiger partial charge < -0.3 is 5.73 Å². The summed E-state index contributed by atoms with van der Waals surface area (Å²) in [5.74, 6) is 0.207. The van der Waals surface area contributed by atoms with Gasteiger partial charge in [-0.1, -0.05) is 37.3 Å². The van der Waals surface area contributed by atoms with Crippen molar-refractivity contribution in [2.24, 2.45) is 5.73 Å². The van der Waals surface area contributed by atoms with Crippen molar-refractivity contribution in [3.8, 4) is 11.1 Å². The zero-order valence-corrected chi connectivity index (χ0v) is 10.5. The van der Waals surface area contributed by atoms with Gasteiger partial charge in [0, 0.05) is 18.2 Å². The molecule has 0 amide bonds. The molecule has 1 aromatic carbocycles. The summed E-state index contributed by atoms with van der Waals surface area (Å²) < 4.78 is 1.91. The van der Waals surface area contributed by atoms with Crippen molar-refractivity contribution in [1.82, 2.24) is 9.78 Å². The molecule has 2 rings (SSSR count). The highest BCUT2D eigenvalue weighted by atomic mass is 15.3. The summed E-state index contributed by atoms with van der Waals surface area (Å²) in [6, 6.07) is 10.3. The van der Waals surface area contributed by atoms with Crippen molar-refractivity contribution in [3.05, 3.63) is 42.7 Å². The Morgan fingerprint density at radius 1 is 1.33 bits per heavy atom. The van der Waals surface area contributed by atoms with E-state index < -0.39 is 0 Å². The Kier molecular flexibility index (Phi) is 3.77. The molecule has 3 N–H and O–H groups in total. The van der Waals surface area contributed by atoms with Crippen molar-refractivity contribution in [2.75, 3.05) is 0 Å². The predicted octanol–water partition coefficient (Wildman–Crippen LogP) is 2.83. The van der Waals surface area contributed by atoms with E-state index in [9.17, 15) is 0 Å². The maximum atomic E-state index is 7.38. The molecule has 1 heterocycles. The molecule has 18 heavy (non-hydrogen) atoms. The second kappa shape index (κ2) is 5.49. The lowest BCUT2D eigenvalue weighted by Crippen LogP contribution is -2.18. The SMILES string of the molecule is CCC(CC(=N)N)n1cc(-c2ccccc2)cn1. The van der Waals surface area contributed by atoms with E-state index in [1.54, 1.807) is 0 Å². The number of benzene rings is 1. The van der Waals surface area contributed by atoms with Crippen LogP contribution in [-0.2, 0) is 0 Å². The first-order valence-electron chi connectivity index (χ1n) is 6.13. The summed E-state index contributed by atoms with van der Waals surface area (Å²) in [5.41, 5.74) is 7.72. The van der Waals surface area contributed by atoms with Crippen LogP contribution in [0.15, 0.2) is 42.7 Å². The van der Waals surface area contributed by atoms with Crippen LogP contribution in [0.3, 0.4) is 0 Å². The summed E-state index contributed by atoms with van der Waals surface area (Å²) in [6.45, 7) is 2.08. The van der Waals surface area contributed by atoms with Gasteiger partial charge in [0.25, 0.3) is 0 Å². The molecule has 0 radical (unpaired) electrons. The lowest BCUT2D eigenvalue weighted by atomic mass is 10.1. The Morgan fingerprint density at radius 2 is 2.06 bits per heavy atom. The lowest BCUT2D eigenvalue weighted by Gasteiger charge is -2.14. The van der Waals surface area contributed by atoms with E-state index in [4.69, 9.17) is 11.1 Å². The molecule has 0 saturated heterocycles. The van der Waals surface area contributed by atoms with Gasteiger partial charge in [0.1, 0.15) is 0 Å². The fourth-order valence-corrected chi connectivity index (χ4v) is 2.00. The van der Waals surface area contributed by atoms with Crippen molar-refractivity contribution in [3.63, 3.8) is 0 Å². The van der Waals surface area contributed by atoms with E-state index in [1.807, 2.05) is 35.3 Å². The van der Waals surface area contributed by atoms with Crippen LogP contribution in [-0.4, -0.2) is 15.6 Å². The third-order valence-corrected chi connectivity index (χ3v) is 3.01. The fourth-order valence-electron chi connectivity index (χ4n) is 2.00. The summed E-state index contributed by atoms with van der Waals surface area (Å²) >= 11 is 0. The second-order valence-corrected chi connectivity index (χ2v) is 4.37. The molecule has 0 bridgehead atoms. The molecule has 1 atom stereocenters. The van der Waals surface area contributed by atoms with Crippen LogP contribution in [0, 0.1) is 5.41 Å². The molecule has 0 fully saturated rings. The molecule has 0 spiro atoms. The van der Waals surface area contributed by atoms with Crippen LogP contribution < -0.4 is 5.73 Å². The minimum absolute atomic E-state index is 0.167. The first-order chi connectivity index (χ1) is 8.70. The van der Waals surface area contributed by atoms with Gasteiger partial charge in [0.15, 0.2) is 0 Å². The van der Waals surface area contributed by atoms with E-state index in [2.05, 4.69) is 24.2 Å². The van der Waals surface area contributed by atoms with Gasteiger partial charge >= 0.3 is 0 Å². The number of nitrogens with zero attached hydrogens (tertiary/aromatic N) is 2. The molecule has 0 aliphatic rings. The zero-order valence-electron chi connectivity index (χ0n) is 10.5. The molecule has 0 saturated carbocycles. The Bertz CT molecular complexity index is 516. The monoisotopic (exact) mass is 242 g/mol.